The molecule has 0 aliphatic rings. The molecule has 0 saturated heterocycles. The Hall–Kier alpha value is -1.39. The van der Waals surface area contributed by atoms with Crippen molar-refractivity contribution in [2.45, 2.75) is 18.9 Å². The van der Waals surface area contributed by atoms with Crippen LogP contribution in [-0.4, -0.2) is 32.2 Å². The predicted octanol–water partition coefficient (Wildman–Crippen LogP) is 0.880. The summed E-state index contributed by atoms with van der Waals surface area (Å²) in [5, 5.41) is 2.82. The minimum absolute atomic E-state index is 0.172. The maximum atomic E-state index is 11.6. The molecule has 17 heavy (non-hydrogen) atoms. The summed E-state index contributed by atoms with van der Waals surface area (Å²) in [7, 11) is 1.53. The van der Waals surface area contributed by atoms with Gasteiger partial charge >= 0.3 is 0 Å². The summed E-state index contributed by atoms with van der Waals surface area (Å²) in [6.45, 7) is 2.89. The third kappa shape index (κ3) is 4.54. The van der Waals surface area contributed by atoms with E-state index in [4.69, 9.17) is 10.5 Å². The zero-order valence-electron chi connectivity index (χ0n) is 10.3. The van der Waals surface area contributed by atoms with E-state index in [0.29, 0.717) is 6.54 Å². The average Bonchev–Trinajstić information content (AvgIpc) is 2.36. The van der Waals surface area contributed by atoms with Crippen LogP contribution in [0.4, 0.5) is 0 Å². The van der Waals surface area contributed by atoms with Gasteiger partial charge in [0.2, 0.25) is 5.91 Å². The van der Waals surface area contributed by atoms with E-state index < -0.39 is 6.04 Å². The van der Waals surface area contributed by atoms with E-state index in [9.17, 15) is 4.79 Å². The number of hydrogen-bond acceptors (Lipinski definition) is 3. The van der Waals surface area contributed by atoms with E-state index in [-0.39, 0.29) is 18.4 Å². The molecular weight excluding hydrogens is 216 g/mol. The fourth-order valence-corrected chi connectivity index (χ4v) is 1.54. The lowest BCUT2D eigenvalue weighted by Crippen LogP contribution is -2.44. The number of rotatable bonds is 6. The molecule has 4 nitrogen and oxygen atoms in total. The Morgan fingerprint density at radius 1 is 1.41 bits per heavy atom. The molecule has 0 spiro atoms. The summed E-state index contributed by atoms with van der Waals surface area (Å²) in [5.74, 6) is 0.101. The summed E-state index contributed by atoms with van der Waals surface area (Å²) >= 11 is 0. The van der Waals surface area contributed by atoms with Crippen molar-refractivity contribution in [3.63, 3.8) is 0 Å². The van der Waals surface area contributed by atoms with Crippen LogP contribution in [0.25, 0.3) is 0 Å². The first-order valence-corrected chi connectivity index (χ1v) is 5.72. The average molecular weight is 236 g/mol. The molecular formula is C13H20N2O2. The molecule has 0 heterocycles. The van der Waals surface area contributed by atoms with Crippen molar-refractivity contribution >= 4 is 5.91 Å². The molecule has 0 fully saturated rings. The minimum atomic E-state index is -0.594. The number of methoxy groups -OCH3 is 1. The van der Waals surface area contributed by atoms with Crippen LogP contribution in [0.1, 0.15) is 18.4 Å². The Kier molecular flexibility index (Phi) is 5.66. The number of carbonyl (C=O) groups is 1. The van der Waals surface area contributed by atoms with E-state index >= 15 is 0 Å². The van der Waals surface area contributed by atoms with E-state index in [2.05, 4.69) is 12.2 Å². The largest absolute Gasteiger partial charge is 0.383 e. The molecule has 2 unspecified atom stereocenters. The summed E-state index contributed by atoms with van der Waals surface area (Å²) in [6, 6.07) is 9.46. The normalized spacial score (nSPS) is 14.1. The zero-order valence-corrected chi connectivity index (χ0v) is 10.3. The molecule has 3 N–H and O–H groups in total. The second-order valence-corrected chi connectivity index (χ2v) is 4.12. The van der Waals surface area contributed by atoms with Crippen LogP contribution in [0, 0.1) is 0 Å². The molecule has 1 rings (SSSR count). The Balaban J connectivity index is 2.38. The lowest BCUT2D eigenvalue weighted by atomic mass is 10.0. The third-order valence-electron chi connectivity index (χ3n) is 2.63. The van der Waals surface area contributed by atoms with Gasteiger partial charge in [-0.1, -0.05) is 37.3 Å². The summed E-state index contributed by atoms with van der Waals surface area (Å²) in [6.07, 6.45) is 0. The van der Waals surface area contributed by atoms with Crippen LogP contribution >= 0.6 is 0 Å². The highest BCUT2D eigenvalue weighted by atomic mass is 16.5. The smallest absolute Gasteiger partial charge is 0.239 e. The standard InChI is InChI=1S/C13H20N2O2/c1-10(11-6-4-3-5-7-11)8-15-13(16)12(14)9-17-2/h3-7,10,12H,8-9,14H2,1-2H3,(H,15,16). The van der Waals surface area contributed by atoms with Gasteiger partial charge in [-0.2, -0.15) is 0 Å². The molecule has 0 radical (unpaired) electrons. The van der Waals surface area contributed by atoms with Gasteiger partial charge in [0.1, 0.15) is 6.04 Å². The van der Waals surface area contributed by atoms with E-state index in [1.807, 2.05) is 30.3 Å². The van der Waals surface area contributed by atoms with Crippen molar-refractivity contribution in [2.24, 2.45) is 5.73 Å². The number of amides is 1. The van der Waals surface area contributed by atoms with Crippen LogP contribution in [0.3, 0.4) is 0 Å². The van der Waals surface area contributed by atoms with E-state index in [0.717, 1.165) is 0 Å². The summed E-state index contributed by atoms with van der Waals surface area (Å²) in [4.78, 5) is 11.6. The first-order valence-electron chi connectivity index (χ1n) is 5.72. The van der Waals surface area contributed by atoms with Crippen molar-refractivity contribution in [1.29, 1.82) is 0 Å². The van der Waals surface area contributed by atoms with Crippen molar-refractivity contribution in [3.05, 3.63) is 35.9 Å². The molecule has 0 saturated carbocycles. The molecule has 1 aromatic rings. The lowest BCUT2D eigenvalue weighted by Gasteiger charge is -2.15. The molecule has 4 heteroatoms. The number of ether oxygens (including phenoxy) is 1. The fraction of sp³-hybridized carbons (Fsp3) is 0.462. The molecule has 0 aromatic heterocycles. The van der Waals surface area contributed by atoms with Crippen LogP contribution < -0.4 is 11.1 Å². The molecule has 0 bridgehead atoms. The van der Waals surface area contributed by atoms with Gasteiger partial charge in [0.15, 0.2) is 0 Å². The number of nitrogens with two attached hydrogens (primary N) is 1. The first kappa shape index (κ1) is 13.7. The van der Waals surface area contributed by atoms with Crippen molar-refractivity contribution in [1.82, 2.24) is 5.32 Å². The van der Waals surface area contributed by atoms with Gasteiger partial charge in [-0.25, -0.2) is 0 Å². The Labute approximate surface area is 102 Å². The van der Waals surface area contributed by atoms with Crippen LogP contribution in [0.2, 0.25) is 0 Å². The van der Waals surface area contributed by atoms with Crippen LogP contribution in [0.15, 0.2) is 30.3 Å². The molecule has 2 atom stereocenters. The number of benzene rings is 1. The van der Waals surface area contributed by atoms with Gasteiger partial charge in [0.05, 0.1) is 6.61 Å². The van der Waals surface area contributed by atoms with Gasteiger partial charge in [0.25, 0.3) is 0 Å². The number of hydrogen-bond donors (Lipinski definition) is 2. The van der Waals surface area contributed by atoms with Crippen molar-refractivity contribution in [2.75, 3.05) is 20.3 Å². The lowest BCUT2D eigenvalue weighted by molar-refractivity contribution is -0.123. The molecule has 1 aromatic carbocycles. The number of nitrogens with one attached hydrogen (secondary N) is 1. The van der Waals surface area contributed by atoms with Crippen molar-refractivity contribution < 1.29 is 9.53 Å². The van der Waals surface area contributed by atoms with Gasteiger partial charge in [0, 0.05) is 13.7 Å². The topological polar surface area (TPSA) is 64.3 Å². The maximum Gasteiger partial charge on any atom is 0.239 e. The van der Waals surface area contributed by atoms with Gasteiger partial charge < -0.3 is 15.8 Å². The Morgan fingerprint density at radius 2 is 2.06 bits per heavy atom. The molecule has 94 valence electrons. The monoisotopic (exact) mass is 236 g/mol. The highest BCUT2D eigenvalue weighted by Gasteiger charge is 2.14. The second kappa shape index (κ2) is 7.04. The third-order valence-corrected chi connectivity index (χ3v) is 2.63. The Bertz CT molecular complexity index is 341. The second-order valence-electron chi connectivity index (χ2n) is 4.12. The van der Waals surface area contributed by atoms with Gasteiger partial charge in [-0.15, -0.1) is 0 Å². The summed E-state index contributed by atoms with van der Waals surface area (Å²) in [5.41, 5.74) is 6.82. The highest BCUT2D eigenvalue weighted by Crippen LogP contribution is 2.12. The highest BCUT2D eigenvalue weighted by molar-refractivity contribution is 5.81. The van der Waals surface area contributed by atoms with Gasteiger partial charge in [-0.3, -0.25) is 4.79 Å². The Morgan fingerprint density at radius 3 is 2.65 bits per heavy atom. The zero-order chi connectivity index (χ0) is 12.7. The quantitative estimate of drug-likeness (QED) is 0.770. The van der Waals surface area contributed by atoms with E-state index in [1.54, 1.807) is 0 Å². The molecule has 0 aliphatic carbocycles. The van der Waals surface area contributed by atoms with Crippen LogP contribution in [-0.2, 0) is 9.53 Å². The molecule has 1 amide bonds. The predicted molar refractivity (Wildman–Crippen MR) is 67.7 cm³/mol. The first-order chi connectivity index (χ1) is 8.15. The van der Waals surface area contributed by atoms with Gasteiger partial charge in [-0.05, 0) is 11.5 Å². The SMILES string of the molecule is COCC(N)C(=O)NCC(C)c1ccccc1. The van der Waals surface area contributed by atoms with E-state index in [1.165, 1.54) is 12.7 Å². The fourth-order valence-electron chi connectivity index (χ4n) is 1.54. The van der Waals surface area contributed by atoms with Crippen LogP contribution in [0.5, 0.6) is 0 Å². The number of carbonyl (C=O) groups excluding carboxylic acids is 1. The molecule has 0 aliphatic heterocycles. The van der Waals surface area contributed by atoms with Crippen molar-refractivity contribution in [3.8, 4) is 0 Å². The summed E-state index contributed by atoms with van der Waals surface area (Å²) < 4.78 is 4.83. The maximum absolute atomic E-state index is 11.6. The minimum Gasteiger partial charge on any atom is -0.383 e.